The van der Waals surface area contributed by atoms with E-state index in [1.165, 1.54) is 6.92 Å². The van der Waals surface area contributed by atoms with Gasteiger partial charge in [0.1, 0.15) is 0 Å². The molecule has 0 aromatic heterocycles. The van der Waals surface area contributed by atoms with Crippen LogP contribution < -0.4 is 10.2 Å². The van der Waals surface area contributed by atoms with Crippen LogP contribution >= 0.6 is 11.6 Å². The Balaban J connectivity index is 0.000000170. The second-order valence-electron chi connectivity index (χ2n) is 10.0. The zero-order chi connectivity index (χ0) is 31.9. The van der Waals surface area contributed by atoms with Crippen molar-refractivity contribution in [1.82, 2.24) is 0 Å². The summed E-state index contributed by atoms with van der Waals surface area (Å²) >= 11 is 5.61. The van der Waals surface area contributed by atoms with Crippen LogP contribution in [-0.4, -0.2) is 11.6 Å². The fourth-order valence-electron chi connectivity index (χ4n) is 4.34. The predicted molar refractivity (Wildman–Crippen MR) is 189 cm³/mol. The number of nitrogens with zero attached hydrogens (tertiary/aromatic N) is 1. The predicted octanol–water partition coefficient (Wildman–Crippen LogP) is 11.3. The molecule has 45 heavy (non-hydrogen) atoms. The maximum Gasteiger partial charge on any atom is 0.159 e. The van der Waals surface area contributed by atoms with Crippen molar-refractivity contribution in [3.63, 3.8) is 0 Å². The highest BCUT2D eigenvalue weighted by Gasteiger charge is 2.12. The maximum atomic E-state index is 11.5. The molecule has 0 fully saturated rings. The molecule has 1 N–H and O–H groups in total. The van der Waals surface area contributed by atoms with Crippen molar-refractivity contribution < 1.29 is 9.59 Å². The van der Waals surface area contributed by atoms with Gasteiger partial charge in [0.15, 0.2) is 11.6 Å². The lowest BCUT2D eigenvalue weighted by atomic mass is 10.1. The van der Waals surface area contributed by atoms with E-state index in [1.54, 1.807) is 31.2 Å². The molecule has 0 saturated heterocycles. The van der Waals surface area contributed by atoms with Gasteiger partial charge in [-0.1, -0.05) is 84.4 Å². The second kappa shape index (κ2) is 17.0. The number of anilines is 5. The summed E-state index contributed by atoms with van der Waals surface area (Å²) in [5, 5.41) is 3.96. The zero-order valence-corrected chi connectivity index (χ0v) is 26.1. The topological polar surface area (TPSA) is 49.4 Å². The molecule has 0 atom stereocenters. The minimum atomic E-state index is 0.0664. The first-order valence-electron chi connectivity index (χ1n) is 14.6. The lowest BCUT2D eigenvalue weighted by molar-refractivity contribution is 0.100. The number of hydrogen-bond acceptors (Lipinski definition) is 4. The summed E-state index contributed by atoms with van der Waals surface area (Å²) in [7, 11) is 0. The van der Waals surface area contributed by atoms with E-state index in [4.69, 9.17) is 11.6 Å². The van der Waals surface area contributed by atoms with E-state index in [-0.39, 0.29) is 11.6 Å². The van der Waals surface area contributed by atoms with E-state index >= 15 is 0 Å². The maximum absolute atomic E-state index is 11.5. The van der Waals surface area contributed by atoms with Crippen molar-refractivity contribution in [2.45, 2.75) is 13.8 Å². The summed E-state index contributed by atoms with van der Waals surface area (Å²) in [5.41, 5.74) is 6.87. The minimum absolute atomic E-state index is 0.0664. The number of benzene rings is 6. The van der Waals surface area contributed by atoms with Crippen LogP contribution in [-0.2, 0) is 0 Å². The SMILES string of the molecule is CC(=O)c1ccc(Cl)cc1.CC(=O)c1ccc(N(c2ccccc2)c2ccccc2)cc1.c1ccc(Nc2ccccc2)cc1. The van der Waals surface area contributed by atoms with Gasteiger partial charge in [0.25, 0.3) is 0 Å². The molecule has 6 aromatic rings. The molecule has 6 aromatic carbocycles. The molecule has 224 valence electrons. The molecule has 5 heteroatoms. The van der Waals surface area contributed by atoms with Crippen LogP contribution in [0.5, 0.6) is 0 Å². The van der Waals surface area contributed by atoms with Gasteiger partial charge in [0, 0.05) is 44.6 Å². The lowest BCUT2D eigenvalue weighted by Gasteiger charge is -2.25. The van der Waals surface area contributed by atoms with Crippen molar-refractivity contribution in [1.29, 1.82) is 0 Å². The molecule has 0 saturated carbocycles. The first-order valence-corrected chi connectivity index (χ1v) is 14.9. The van der Waals surface area contributed by atoms with Gasteiger partial charge >= 0.3 is 0 Å². The molecule has 0 spiro atoms. The van der Waals surface area contributed by atoms with Crippen LogP contribution in [0.4, 0.5) is 28.4 Å². The van der Waals surface area contributed by atoms with Crippen LogP contribution in [0, 0.1) is 0 Å². The van der Waals surface area contributed by atoms with Gasteiger partial charge in [-0.2, -0.15) is 0 Å². The first kappa shape index (κ1) is 32.5. The normalized spacial score (nSPS) is 9.84. The molecule has 0 aliphatic carbocycles. The fourth-order valence-corrected chi connectivity index (χ4v) is 4.47. The van der Waals surface area contributed by atoms with Crippen molar-refractivity contribution in [2.24, 2.45) is 0 Å². The number of rotatable bonds is 7. The molecule has 6 rings (SSSR count). The van der Waals surface area contributed by atoms with Crippen molar-refractivity contribution in [2.75, 3.05) is 10.2 Å². The van der Waals surface area contributed by atoms with E-state index in [2.05, 4.69) is 34.5 Å². The number of hydrogen-bond donors (Lipinski definition) is 1. The summed E-state index contributed by atoms with van der Waals surface area (Å²) in [6, 6.07) is 55.2. The molecule has 4 nitrogen and oxygen atoms in total. The van der Waals surface area contributed by atoms with Gasteiger partial charge in [-0.25, -0.2) is 0 Å². The molecule has 0 aliphatic rings. The highest BCUT2D eigenvalue weighted by Crippen LogP contribution is 2.34. The van der Waals surface area contributed by atoms with Gasteiger partial charge < -0.3 is 10.2 Å². The quantitative estimate of drug-likeness (QED) is 0.183. The standard InChI is InChI=1S/C20H17NO.C12H11N.C8H7ClO/c1-16(22)17-12-14-20(15-13-17)21(18-8-4-2-5-9-18)19-10-6-3-7-11-19;1-3-7-11(8-4-1)13-12-9-5-2-6-10-12;1-6(10)7-2-4-8(9)5-3-7/h2-15H,1H3;1-10,13H;2-5H,1H3. The number of nitrogens with one attached hydrogen (secondary N) is 1. The summed E-state index contributed by atoms with van der Waals surface area (Å²) < 4.78 is 0. The number of Topliss-reactive ketones (excluding diaryl/α,β-unsaturated/α-hetero) is 2. The van der Waals surface area contributed by atoms with Gasteiger partial charge in [-0.05, 0) is 111 Å². The zero-order valence-electron chi connectivity index (χ0n) is 25.3. The molecule has 0 radical (unpaired) electrons. The Morgan fingerprint density at radius 2 is 0.756 bits per heavy atom. The van der Waals surface area contributed by atoms with Crippen LogP contribution in [0.1, 0.15) is 34.6 Å². The molecule has 0 amide bonds. The number of carbonyl (C=O) groups is 2. The monoisotopic (exact) mass is 610 g/mol. The Bertz CT molecular complexity index is 1670. The fraction of sp³-hybridized carbons (Fsp3) is 0.0500. The Morgan fingerprint density at radius 1 is 0.444 bits per heavy atom. The number of carbonyl (C=O) groups excluding carboxylic acids is 2. The molecule has 0 bridgehead atoms. The molecular weight excluding hydrogens is 576 g/mol. The molecule has 0 aliphatic heterocycles. The first-order chi connectivity index (χ1) is 21.9. The number of para-hydroxylation sites is 4. The van der Waals surface area contributed by atoms with Gasteiger partial charge in [0.2, 0.25) is 0 Å². The summed E-state index contributed by atoms with van der Waals surface area (Å²) in [4.78, 5) is 24.3. The van der Waals surface area contributed by atoms with Crippen LogP contribution in [0.2, 0.25) is 5.02 Å². The summed E-state index contributed by atoms with van der Waals surface area (Å²) in [6.07, 6.45) is 0. The van der Waals surface area contributed by atoms with Gasteiger partial charge in [-0.15, -0.1) is 0 Å². The van der Waals surface area contributed by atoms with E-state index in [9.17, 15) is 9.59 Å². The molecule has 0 heterocycles. The highest BCUT2D eigenvalue weighted by molar-refractivity contribution is 6.30. The number of ketones is 2. The minimum Gasteiger partial charge on any atom is -0.356 e. The average Bonchev–Trinajstić information content (AvgIpc) is 3.08. The third kappa shape index (κ3) is 10.3. The Labute approximate surface area is 270 Å². The Morgan fingerprint density at radius 3 is 1.11 bits per heavy atom. The summed E-state index contributed by atoms with van der Waals surface area (Å²) in [5.74, 6) is 0.147. The smallest absolute Gasteiger partial charge is 0.159 e. The highest BCUT2D eigenvalue weighted by atomic mass is 35.5. The molecular formula is C40H35ClN2O2. The lowest BCUT2D eigenvalue weighted by Crippen LogP contribution is -2.09. The van der Waals surface area contributed by atoms with Gasteiger partial charge in [-0.3, -0.25) is 9.59 Å². The van der Waals surface area contributed by atoms with Crippen LogP contribution in [0.3, 0.4) is 0 Å². The Kier molecular flexibility index (Phi) is 12.3. The van der Waals surface area contributed by atoms with Crippen molar-refractivity contribution in [3.8, 4) is 0 Å². The third-order valence-electron chi connectivity index (χ3n) is 6.65. The third-order valence-corrected chi connectivity index (χ3v) is 6.90. The largest absolute Gasteiger partial charge is 0.356 e. The van der Waals surface area contributed by atoms with E-state index in [1.807, 2.05) is 121 Å². The van der Waals surface area contributed by atoms with Crippen LogP contribution in [0.15, 0.2) is 170 Å². The second-order valence-corrected chi connectivity index (χ2v) is 10.5. The van der Waals surface area contributed by atoms with Crippen molar-refractivity contribution >= 4 is 51.6 Å². The number of halogens is 1. The average molecular weight is 611 g/mol. The van der Waals surface area contributed by atoms with Gasteiger partial charge in [0.05, 0.1) is 0 Å². The van der Waals surface area contributed by atoms with E-state index in [0.29, 0.717) is 10.6 Å². The Hall–Kier alpha value is -5.45. The van der Waals surface area contributed by atoms with E-state index < -0.39 is 0 Å². The van der Waals surface area contributed by atoms with Crippen molar-refractivity contribution in [3.05, 3.63) is 186 Å². The molecule has 0 unspecified atom stereocenters. The van der Waals surface area contributed by atoms with E-state index in [0.717, 1.165) is 34.0 Å². The van der Waals surface area contributed by atoms with Crippen LogP contribution in [0.25, 0.3) is 0 Å². The summed E-state index contributed by atoms with van der Waals surface area (Å²) in [6.45, 7) is 3.12.